The average Bonchev–Trinajstić information content (AvgIpc) is 2.35. The van der Waals surface area contributed by atoms with Crippen molar-refractivity contribution in [2.75, 3.05) is 6.61 Å². The minimum Gasteiger partial charge on any atom is -0.478 e. The summed E-state index contributed by atoms with van der Waals surface area (Å²) in [7, 11) is 0. The molecule has 5 heteroatoms. The first-order valence-electron chi connectivity index (χ1n) is 5.45. The van der Waals surface area contributed by atoms with Gasteiger partial charge in [0.15, 0.2) is 0 Å². The number of rotatable bonds is 6. The summed E-state index contributed by atoms with van der Waals surface area (Å²) >= 11 is 1.56. The second kappa shape index (κ2) is 7.18. The van der Waals surface area contributed by atoms with Gasteiger partial charge in [-0.2, -0.15) is 11.8 Å². The Morgan fingerprint density at radius 1 is 1.56 bits per heavy atom. The second-order valence-corrected chi connectivity index (χ2v) is 5.26. The summed E-state index contributed by atoms with van der Waals surface area (Å²) in [5.74, 6) is -0.907. The van der Waals surface area contributed by atoms with Crippen molar-refractivity contribution in [2.24, 2.45) is 0 Å². The molecule has 1 atom stereocenters. The number of carbonyl (C=O) groups is 1. The van der Waals surface area contributed by atoms with Gasteiger partial charge < -0.3 is 10.2 Å². The van der Waals surface area contributed by atoms with Crippen molar-refractivity contribution in [2.45, 2.75) is 17.9 Å². The number of carboxylic acid groups (broad SMARTS) is 1. The fraction of sp³-hybridized carbons (Fsp3) is 0.308. The van der Waals surface area contributed by atoms with Gasteiger partial charge in [-0.15, -0.1) is 0 Å². The van der Waals surface area contributed by atoms with Crippen LogP contribution in [0.25, 0.3) is 6.08 Å². The third kappa shape index (κ3) is 4.89. The SMILES string of the molecule is CC(CO)SCc1ccc(F)c(/C=C/C(=O)O)c1. The Morgan fingerprint density at radius 2 is 2.28 bits per heavy atom. The molecule has 0 aliphatic rings. The Hall–Kier alpha value is -1.33. The molecule has 0 bridgehead atoms. The molecule has 1 unspecified atom stereocenters. The van der Waals surface area contributed by atoms with Crippen LogP contribution in [0.4, 0.5) is 4.39 Å². The van der Waals surface area contributed by atoms with Gasteiger partial charge in [-0.3, -0.25) is 0 Å². The highest BCUT2D eigenvalue weighted by atomic mass is 32.2. The molecule has 18 heavy (non-hydrogen) atoms. The van der Waals surface area contributed by atoms with Crippen molar-refractivity contribution >= 4 is 23.8 Å². The van der Waals surface area contributed by atoms with Gasteiger partial charge in [0.05, 0.1) is 6.61 Å². The Morgan fingerprint density at radius 3 is 2.89 bits per heavy atom. The number of hydrogen-bond donors (Lipinski definition) is 2. The minimum absolute atomic E-state index is 0.0949. The molecule has 1 rings (SSSR count). The molecule has 0 radical (unpaired) electrons. The van der Waals surface area contributed by atoms with Crippen LogP contribution in [0.3, 0.4) is 0 Å². The first kappa shape index (κ1) is 14.7. The fourth-order valence-electron chi connectivity index (χ4n) is 1.26. The van der Waals surface area contributed by atoms with Crippen LogP contribution in [0.2, 0.25) is 0 Å². The van der Waals surface area contributed by atoms with E-state index in [0.29, 0.717) is 5.75 Å². The highest BCUT2D eigenvalue weighted by Gasteiger charge is 2.04. The lowest BCUT2D eigenvalue weighted by molar-refractivity contribution is -0.131. The number of hydrogen-bond acceptors (Lipinski definition) is 3. The number of carboxylic acids is 1. The first-order chi connectivity index (χ1) is 8.52. The van der Waals surface area contributed by atoms with Crippen molar-refractivity contribution in [3.8, 4) is 0 Å². The maximum absolute atomic E-state index is 13.4. The third-order valence-corrected chi connectivity index (χ3v) is 3.48. The largest absolute Gasteiger partial charge is 0.478 e. The fourth-order valence-corrected chi connectivity index (χ4v) is 2.02. The Bertz CT molecular complexity index is 446. The van der Waals surface area contributed by atoms with Crippen LogP contribution in [-0.4, -0.2) is 28.0 Å². The van der Waals surface area contributed by atoms with Gasteiger partial charge >= 0.3 is 5.97 Å². The molecule has 0 amide bonds. The zero-order valence-corrected chi connectivity index (χ0v) is 10.8. The summed E-state index contributed by atoms with van der Waals surface area (Å²) in [5, 5.41) is 17.5. The van der Waals surface area contributed by atoms with Crippen LogP contribution in [0.15, 0.2) is 24.3 Å². The highest BCUT2D eigenvalue weighted by molar-refractivity contribution is 7.99. The summed E-state index contributed by atoms with van der Waals surface area (Å²) in [6.07, 6.45) is 2.15. The van der Waals surface area contributed by atoms with E-state index in [4.69, 9.17) is 10.2 Å². The van der Waals surface area contributed by atoms with E-state index in [1.165, 1.54) is 12.1 Å². The molecule has 0 fully saturated rings. The van der Waals surface area contributed by atoms with E-state index in [9.17, 15) is 9.18 Å². The van der Waals surface area contributed by atoms with Gasteiger partial charge in [-0.05, 0) is 23.8 Å². The van der Waals surface area contributed by atoms with Gasteiger partial charge in [0.1, 0.15) is 5.82 Å². The number of aliphatic carboxylic acids is 1. The van der Waals surface area contributed by atoms with E-state index in [0.717, 1.165) is 11.6 Å². The standard InChI is InChI=1S/C13H15FO3S/c1-9(7-15)18-8-10-2-4-12(14)11(6-10)3-5-13(16)17/h2-6,9,15H,7-8H2,1H3,(H,16,17)/b5-3+. The Kier molecular flexibility index (Phi) is 5.88. The number of aliphatic hydroxyl groups is 1. The molecular formula is C13H15FO3S. The van der Waals surface area contributed by atoms with Crippen LogP contribution in [0.1, 0.15) is 18.1 Å². The summed E-state index contributed by atoms with van der Waals surface area (Å²) in [6, 6.07) is 4.59. The molecule has 1 aromatic rings. The van der Waals surface area contributed by atoms with Gasteiger partial charge in [-0.1, -0.05) is 13.0 Å². The van der Waals surface area contributed by atoms with Gasteiger partial charge in [0.2, 0.25) is 0 Å². The number of benzene rings is 1. The molecule has 0 aliphatic carbocycles. The average molecular weight is 270 g/mol. The van der Waals surface area contributed by atoms with Crippen molar-refractivity contribution in [3.63, 3.8) is 0 Å². The van der Waals surface area contributed by atoms with Crippen molar-refractivity contribution in [3.05, 3.63) is 41.2 Å². The second-order valence-electron chi connectivity index (χ2n) is 3.83. The predicted molar refractivity (Wildman–Crippen MR) is 70.9 cm³/mol. The normalized spacial score (nSPS) is 12.8. The van der Waals surface area contributed by atoms with Crippen LogP contribution < -0.4 is 0 Å². The topological polar surface area (TPSA) is 57.5 Å². The summed E-state index contributed by atoms with van der Waals surface area (Å²) in [4.78, 5) is 10.4. The van der Waals surface area contributed by atoms with Crippen molar-refractivity contribution in [1.29, 1.82) is 0 Å². The van der Waals surface area contributed by atoms with E-state index in [1.54, 1.807) is 23.9 Å². The van der Waals surface area contributed by atoms with E-state index < -0.39 is 11.8 Å². The van der Waals surface area contributed by atoms with E-state index >= 15 is 0 Å². The minimum atomic E-state index is -1.11. The maximum Gasteiger partial charge on any atom is 0.328 e. The molecule has 98 valence electrons. The number of thioether (sulfide) groups is 1. The lowest BCUT2D eigenvalue weighted by Crippen LogP contribution is -2.02. The summed E-state index contributed by atoms with van der Waals surface area (Å²) < 4.78 is 13.4. The molecule has 0 aromatic heterocycles. The predicted octanol–water partition coefficient (Wildman–Crippen LogP) is 2.54. The molecule has 0 saturated carbocycles. The molecule has 3 nitrogen and oxygen atoms in total. The van der Waals surface area contributed by atoms with E-state index in [-0.39, 0.29) is 17.4 Å². The molecule has 2 N–H and O–H groups in total. The Labute approximate surface area is 109 Å². The molecule has 0 spiro atoms. The zero-order valence-electron chi connectivity index (χ0n) is 9.97. The molecule has 0 aliphatic heterocycles. The quantitative estimate of drug-likeness (QED) is 0.780. The maximum atomic E-state index is 13.4. The van der Waals surface area contributed by atoms with E-state index in [2.05, 4.69) is 0 Å². The van der Waals surface area contributed by atoms with Crippen LogP contribution >= 0.6 is 11.8 Å². The number of halogens is 1. The van der Waals surface area contributed by atoms with Gasteiger partial charge in [0.25, 0.3) is 0 Å². The van der Waals surface area contributed by atoms with E-state index in [1.807, 2.05) is 6.92 Å². The van der Waals surface area contributed by atoms with Crippen LogP contribution in [0.5, 0.6) is 0 Å². The monoisotopic (exact) mass is 270 g/mol. The molecule has 0 saturated heterocycles. The van der Waals surface area contributed by atoms with Crippen molar-refractivity contribution < 1.29 is 19.4 Å². The van der Waals surface area contributed by atoms with Gasteiger partial charge in [0, 0.05) is 22.6 Å². The summed E-state index contributed by atoms with van der Waals surface area (Å²) in [5.41, 5.74) is 1.15. The molecular weight excluding hydrogens is 255 g/mol. The van der Waals surface area contributed by atoms with Crippen LogP contribution in [-0.2, 0) is 10.5 Å². The lowest BCUT2D eigenvalue weighted by Gasteiger charge is -2.08. The zero-order chi connectivity index (χ0) is 13.5. The highest BCUT2D eigenvalue weighted by Crippen LogP contribution is 2.20. The van der Waals surface area contributed by atoms with Crippen LogP contribution in [0, 0.1) is 5.82 Å². The lowest BCUT2D eigenvalue weighted by atomic mass is 10.1. The molecule has 0 heterocycles. The smallest absolute Gasteiger partial charge is 0.328 e. The first-order valence-corrected chi connectivity index (χ1v) is 6.49. The number of aliphatic hydroxyl groups excluding tert-OH is 1. The van der Waals surface area contributed by atoms with Crippen molar-refractivity contribution in [1.82, 2.24) is 0 Å². The Balaban J connectivity index is 2.77. The summed E-state index contributed by atoms with van der Waals surface area (Å²) in [6.45, 7) is 2.00. The molecule has 1 aromatic carbocycles. The third-order valence-electron chi connectivity index (χ3n) is 2.26. The van der Waals surface area contributed by atoms with Gasteiger partial charge in [-0.25, -0.2) is 9.18 Å².